The molecule has 1 fully saturated rings. The van der Waals surface area contributed by atoms with Crippen LogP contribution in [0, 0.1) is 13.8 Å². The number of amides is 1. The van der Waals surface area contributed by atoms with Crippen molar-refractivity contribution in [3.05, 3.63) is 57.9 Å². The van der Waals surface area contributed by atoms with E-state index in [9.17, 15) is 9.59 Å². The summed E-state index contributed by atoms with van der Waals surface area (Å²) in [5.74, 6) is -0.396. The van der Waals surface area contributed by atoms with Gasteiger partial charge in [-0.05, 0) is 44.5 Å². The molecule has 9 heteroatoms. The lowest BCUT2D eigenvalue weighted by Crippen LogP contribution is -2.51. The zero-order valence-corrected chi connectivity index (χ0v) is 19.1. The van der Waals surface area contributed by atoms with E-state index < -0.39 is 6.04 Å². The Labute approximate surface area is 191 Å². The van der Waals surface area contributed by atoms with E-state index >= 15 is 0 Å². The first-order valence-electron chi connectivity index (χ1n) is 10.6. The summed E-state index contributed by atoms with van der Waals surface area (Å²) < 4.78 is 10.6. The van der Waals surface area contributed by atoms with E-state index in [2.05, 4.69) is 10.1 Å². The summed E-state index contributed by atoms with van der Waals surface area (Å²) in [6, 6.07) is 8.44. The Morgan fingerprint density at radius 1 is 1.16 bits per heavy atom. The number of esters is 1. The van der Waals surface area contributed by atoms with Crippen molar-refractivity contribution in [2.45, 2.75) is 26.8 Å². The maximum Gasteiger partial charge on any atom is 0.328 e. The van der Waals surface area contributed by atoms with Crippen LogP contribution in [0.1, 0.15) is 40.3 Å². The van der Waals surface area contributed by atoms with E-state index in [0.29, 0.717) is 65.9 Å². The number of hydrogen-bond donors (Lipinski definition) is 0. The number of halogens is 1. The molecule has 0 aliphatic carbocycles. The van der Waals surface area contributed by atoms with Gasteiger partial charge >= 0.3 is 5.97 Å². The van der Waals surface area contributed by atoms with Crippen molar-refractivity contribution < 1.29 is 18.8 Å². The molecule has 32 heavy (non-hydrogen) atoms. The Morgan fingerprint density at radius 3 is 2.50 bits per heavy atom. The largest absolute Gasteiger partial charge is 0.465 e. The molecular formula is C23H25ClN4O4. The minimum Gasteiger partial charge on any atom is -0.465 e. The zero-order valence-electron chi connectivity index (χ0n) is 18.3. The lowest BCUT2D eigenvalue weighted by molar-refractivity contribution is -0.150. The second-order valence-electron chi connectivity index (χ2n) is 7.79. The molecule has 1 amide bonds. The van der Waals surface area contributed by atoms with E-state index in [0.717, 1.165) is 5.56 Å². The first-order chi connectivity index (χ1) is 15.4. The minimum absolute atomic E-state index is 0.0920. The molecular weight excluding hydrogens is 432 g/mol. The molecule has 4 rings (SSSR count). The van der Waals surface area contributed by atoms with E-state index in [-0.39, 0.29) is 11.9 Å². The van der Waals surface area contributed by atoms with Crippen LogP contribution in [0.15, 0.2) is 34.9 Å². The van der Waals surface area contributed by atoms with Crippen LogP contribution >= 0.6 is 11.6 Å². The van der Waals surface area contributed by atoms with Gasteiger partial charge in [0.2, 0.25) is 0 Å². The highest BCUT2D eigenvalue weighted by Gasteiger charge is 2.33. The molecule has 8 nitrogen and oxygen atoms in total. The lowest BCUT2D eigenvalue weighted by atomic mass is 10.0. The quantitative estimate of drug-likeness (QED) is 0.542. The molecule has 0 radical (unpaired) electrons. The van der Waals surface area contributed by atoms with E-state index in [4.69, 9.17) is 20.9 Å². The van der Waals surface area contributed by atoms with Gasteiger partial charge in [0, 0.05) is 36.9 Å². The summed E-state index contributed by atoms with van der Waals surface area (Å²) in [7, 11) is 0. The first-order valence-corrected chi connectivity index (χ1v) is 11.0. The Kier molecular flexibility index (Phi) is 6.43. The van der Waals surface area contributed by atoms with E-state index in [1.54, 1.807) is 36.9 Å². The second kappa shape index (κ2) is 9.26. The molecule has 0 N–H and O–H groups in total. The summed E-state index contributed by atoms with van der Waals surface area (Å²) in [6.07, 6.45) is 0. The minimum atomic E-state index is -0.542. The second-order valence-corrected chi connectivity index (χ2v) is 8.23. The highest BCUT2D eigenvalue weighted by Crippen LogP contribution is 2.27. The SMILES string of the molecule is CCOC(=O)[C@@H](c1ccc(Cl)cc1)N1CCN(C(=O)c2cc(C)nc3onc(C)c23)CC1. The fraction of sp³-hybridized carbons (Fsp3) is 0.391. The van der Waals surface area contributed by atoms with E-state index in [1.165, 1.54) is 0 Å². The molecule has 1 saturated heterocycles. The van der Waals surface area contributed by atoms with Gasteiger partial charge in [0.15, 0.2) is 0 Å². The Bertz CT molecular complexity index is 1140. The molecule has 1 atom stereocenters. The van der Waals surface area contributed by atoms with Crippen molar-refractivity contribution in [1.82, 2.24) is 19.9 Å². The van der Waals surface area contributed by atoms with Crippen molar-refractivity contribution in [2.75, 3.05) is 32.8 Å². The summed E-state index contributed by atoms with van der Waals surface area (Å²) in [5, 5.41) is 5.21. The molecule has 0 saturated carbocycles. The van der Waals surface area contributed by atoms with Crippen LogP contribution in [0.5, 0.6) is 0 Å². The number of nitrogens with zero attached hydrogens (tertiary/aromatic N) is 4. The highest BCUT2D eigenvalue weighted by atomic mass is 35.5. The maximum atomic E-state index is 13.3. The number of carbonyl (C=O) groups is 2. The molecule has 3 aromatic rings. The number of aromatic nitrogens is 2. The van der Waals surface area contributed by atoms with Crippen molar-refractivity contribution in [2.24, 2.45) is 0 Å². The van der Waals surface area contributed by atoms with Crippen molar-refractivity contribution >= 4 is 34.6 Å². The van der Waals surface area contributed by atoms with E-state index in [1.807, 2.05) is 24.0 Å². The number of carbonyl (C=O) groups excluding carboxylic acids is 2. The normalized spacial score (nSPS) is 15.7. The Balaban J connectivity index is 1.54. The van der Waals surface area contributed by atoms with Gasteiger partial charge < -0.3 is 14.2 Å². The molecule has 168 valence electrons. The number of rotatable bonds is 5. The molecule has 1 aliphatic rings. The van der Waals surface area contributed by atoms with Gasteiger partial charge in [0.05, 0.1) is 23.3 Å². The molecule has 1 aliphatic heterocycles. The molecule has 1 aromatic carbocycles. The summed E-state index contributed by atoms with van der Waals surface area (Å²) in [5.41, 5.74) is 3.06. The number of aryl methyl sites for hydroxylation is 2. The molecule has 2 aromatic heterocycles. The third-order valence-electron chi connectivity index (χ3n) is 5.64. The number of hydrogen-bond acceptors (Lipinski definition) is 7. The third kappa shape index (κ3) is 4.33. The van der Waals surface area contributed by atoms with Crippen LogP contribution in [-0.4, -0.2) is 64.6 Å². The summed E-state index contributed by atoms with van der Waals surface area (Å²) >= 11 is 6.02. The van der Waals surface area contributed by atoms with Crippen molar-refractivity contribution in [3.8, 4) is 0 Å². The van der Waals surface area contributed by atoms with Crippen molar-refractivity contribution in [1.29, 1.82) is 0 Å². The van der Waals surface area contributed by atoms with Crippen LogP contribution in [0.3, 0.4) is 0 Å². The average molecular weight is 457 g/mol. The number of piperazine rings is 1. The average Bonchev–Trinajstić information content (AvgIpc) is 3.15. The lowest BCUT2D eigenvalue weighted by Gasteiger charge is -2.38. The number of pyridine rings is 1. The van der Waals surface area contributed by atoms with Crippen molar-refractivity contribution in [3.63, 3.8) is 0 Å². The fourth-order valence-electron chi connectivity index (χ4n) is 4.10. The Morgan fingerprint density at radius 2 is 1.84 bits per heavy atom. The van der Waals surface area contributed by atoms with Gasteiger partial charge in [-0.25, -0.2) is 9.78 Å². The zero-order chi connectivity index (χ0) is 22.8. The van der Waals surface area contributed by atoms with Gasteiger partial charge in [0.25, 0.3) is 11.6 Å². The molecule has 0 spiro atoms. The van der Waals surface area contributed by atoms with Gasteiger partial charge in [-0.3, -0.25) is 9.69 Å². The van der Waals surface area contributed by atoms with Crippen LogP contribution in [-0.2, 0) is 9.53 Å². The standard InChI is InChI=1S/C23H25ClN4O4/c1-4-31-23(30)20(16-5-7-17(24)8-6-16)27-9-11-28(12-10-27)22(29)18-13-14(2)25-21-19(18)15(3)26-32-21/h5-8,13,20H,4,9-12H2,1-3H3/t20-/m1/s1. The Hall–Kier alpha value is -2.97. The van der Waals surface area contributed by atoms with Gasteiger partial charge in [-0.1, -0.05) is 28.9 Å². The fourth-order valence-corrected chi connectivity index (χ4v) is 4.23. The predicted molar refractivity (Wildman–Crippen MR) is 120 cm³/mol. The summed E-state index contributed by atoms with van der Waals surface area (Å²) in [4.78, 5) is 34.3. The smallest absolute Gasteiger partial charge is 0.328 e. The predicted octanol–water partition coefficient (Wildman–Crippen LogP) is 3.56. The van der Waals surface area contributed by atoms with Crippen LogP contribution in [0.2, 0.25) is 5.02 Å². The monoisotopic (exact) mass is 456 g/mol. The van der Waals surface area contributed by atoms with Crippen LogP contribution in [0.25, 0.3) is 11.1 Å². The van der Waals surface area contributed by atoms with Crippen LogP contribution < -0.4 is 0 Å². The maximum absolute atomic E-state index is 13.3. The van der Waals surface area contributed by atoms with Gasteiger partial charge in [-0.2, -0.15) is 0 Å². The number of fused-ring (bicyclic) bond motifs is 1. The first kappa shape index (κ1) is 22.2. The van der Waals surface area contributed by atoms with Gasteiger partial charge in [0.1, 0.15) is 6.04 Å². The highest BCUT2D eigenvalue weighted by molar-refractivity contribution is 6.30. The van der Waals surface area contributed by atoms with Crippen LogP contribution in [0.4, 0.5) is 0 Å². The topological polar surface area (TPSA) is 88.8 Å². The van der Waals surface area contributed by atoms with Gasteiger partial charge in [-0.15, -0.1) is 0 Å². The number of benzene rings is 1. The third-order valence-corrected chi connectivity index (χ3v) is 5.89. The molecule has 3 heterocycles. The molecule has 0 bridgehead atoms. The molecule has 0 unspecified atom stereocenters. The summed E-state index contributed by atoms with van der Waals surface area (Å²) in [6.45, 7) is 7.75. The number of ether oxygens (including phenoxy) is 1.